The van der Waals surface area contributed by atoms with Gasteiger partial charge in [0, 0.05) is 17.8 Å². The molecule has 1 aliphatic rings. The Morgan fingerprint density at radius 1 is 1.29 bits per heavy atom. The lowest BCUT2D eigenvalue weighted by Gasteiger charge is -2.13. The summed E-state index contributed by atoms with van der Waals surface area (Å²) >= 11 is 0. The summed E-state index contributed by atoms with van der Waals surface area (Å²) in [5.74, 6) is -1.23. The highest BCUT2D eigenvalue weighted by molar-refractivity contribution is 5.91. The predicted molar refractivity (Wildman–Crippen MR) is 105 cm³/mol. The number of hydrogen-bond donors (Lipinski definition) is 1. The van der Waals surface area contributed by atoms with Gasteiger partial charge in [-0.3, -0.25) is 14.2 Å². The zero-order valence-electron chi connectivity index (χ0n) is 16.7. The highest BCUT2D eigenvalue weighted by Crippen LogP contribution is 2.42. The van der Waals surface area contributed by atoms with Crippen LogP contribution in [0.5, 0.6) is 0 Å². The molecule has 3 aromatic rings. The molecule has 0 spiro atoms. The molecule has 1 aliphatic carbocycles. The smallest absolute Gasteiger partial charge is 0.323 e. The number of carbonyl (C=O) groups excluding carboxylic acids is 1. The summed E-state index contributed by atoms with van der Waals surface area (Å²) in [6.07, 6.45) is 0.217. The van der Waals surface area contributed by atoms with Gasteiger partial charge in [-0.05, 0) is 36.6 Å². The van der Waals surface area contributed by atoms with Crippen LogP contribution in [0.15, 0.2) is 42.7 Å². The van der Waals surface area contributed by atoms with E-state index in [0.29, 0.717) is 17.9 Å². The van der Waals surface area contributed by atoms with Gasteiger partial charge >= 0.3 is 6.18 Å². The molecule has 0 aliphatic heterocycles. The SMILES string of the molecule is CC(Cn1nc(C(F)(F)F)cc1C1CC1)C(=O)Nc1cnn(Cc2cccc(F)c2)c1. The first kappa shape index (κ1) is 21.1. The summed E-state index contributed by atoms with van der Waals surface area (Å²) < 4.78 is 55.3. The highest BCUT2D eigenvalue weighted by Gasteiger charge is 2.38. The van der Waals surface area contributed by atoms with Gasteiger partial charge in [-0.1, -0.05) is 19.1 Å². The second-order valence-corrected chi connectivity index (χ2v) is 7.86. The number of benzene rings is 1. The third-order valence-corrected chi connectivity index (χ3v) is 5.13. The van der Waals surface area contributed by atoms with E-state index in [1.54, 1.807) is 29.9 Å². The fourth-order valence-electron chi connectivity index (χ4n) is 3.37. The van der Waals surface area contributed by atoms with Crippen LogP contribution in [0.2, 0.25) is 0 Å². The minimum atomic E-state index is -4.52. The van der Waals surface area contributed by atoms with Crippen molar-refractivity contribution in [2.45, 2.75) is 44.9 Å². The summed E-state index contributed by atoms with van der Waals surface area (Å²) in [5.41, 5.74) is 0.767. The van der Waals surface area contributed by atoms with E-state index in [0.717, 1.165) is 24.5 Å². The summed E-state index contributed by atoms with van der Waals surface area (Å²) in [6, 6.07) is 7.21. The zero-order valence-corrected chi connectivity index (χ0v) is 16.7. The van der Waals surface area contributed by atoms with Gasteiger partial charge in [-0.15, -0.1) is 0 Å². The minimum Gasteiger partial charge on any atom is -0.323 e. The van der Waals surface area contributed by atoms with E-state index in [-0.39, 0.29) is 24.2 Å². The first-order valence-corrected chi connectivity index (χ1v) is 9.92. The number of carbonyl (C=O) groups is 1. The van der Waals surface area contributed by atoms with Crippen molar-refractivity contribution in [1.82, 2.24) is 19.6 Å². The van der Waals surface area contributed by atoms with E-state index in [4.69, 9.17) is 0 Å². The predicted octanol–water partition coefficient (Wildman–Crippen LogP) is 4.44. The van der Waals surface area contributed by atoms with Crippen LogP contribution in [-0.4, -0.2) is 25.5 Å². The average molecular weight is 435 g/mol. The molecule has 6 nitrogen and oxygen atoms in total. The number of rotatable bonds is 7. The van der Waals surface area contributed by atoms with E-state index in [1.807, 2.05) is 0 Å². The van der Waals surface area contributed by atoms with Crippen molar-refractivity contribution in [1.29, 1.82) is 0 Å². The van der Waals surface area contributed by atoms with Crippen molar-refractivity contribution in [2.75, 3.05) is 5.32 Å². The summed E-state index contributed by atoms with van der Waals surface area (Å²) in [5, 5.41) is 10.6. The third-order valence-electron chi connectivity index (χ3n) is 5.13. The van der Waals surface area contributed by atoms with Crippen molar-refractivity contribution in [3.63, 3.8) is 0 Å². The van der Waals surface area contributed by atoms with Crippen LogP contribution in [0.4, 0.5) is 23.2 Å². The standard InChI is InChI=1S/C21H21F4N5O/c1-13(10-30-18(15-5-6-15)8-19(28-30)21(23,24)25)20(31)27-17-9-26-29(12-17)11-14-3-2-4-16(22)7-14/h2-4,7-9,12-13,15H,5-6,10-11H2,1H3,(H,27,31). The number of hydrogen-bond acceptors (Lipinski definition) is 3. The molecule has 1 atom stereocenters. The lowest BCUT2D eigenvalue weighted by atomic mass is 10.1. The Kier molecular flexibility index (Phi) is 5.55. The van der Waals surface area contributed by atoms with E-state index in [9.17, 15) is 22.4 Å². The second kappa shape index (κ2) is 8.16. The second-order valence-electron chi connectivity index (χ2n) is 7.86. The molecule has 1 N–H and O–H groups in total. The Morgan fingerprint density at radius 3 is 2.74 bits per heavy atom. The van der Waals surface area contributed by atoms with Crippen LogP contribution in [0.25, 0.3) is 0 Å². The van der Waals surface area contributed by atoms with Crippen LogP contribution in [-0.2, 0) is 24.1 Å². The molecule has 1 fully saturated rings. The first-order valence-electron chi connectivity index (χ1n) is 9.92. The molecule has 0 bridgehead atoms. The van der Waals surface area contributed by atoms with E-state index in [1.165, 1.54) is 23.0 Å². The maximum atomic E-state index is 13.3. The van der Waals surface area contributed by atoms with Gasteiger partial charge < -0.3 is 5.32 Å². The maximum Gasteiger partial charge on any atom is 0.435 e. The summed E-state index contributed by atoms with van der Waals surface area (Å²) in [4.78, 5) is 12.6. The first-order chi connectivity index (χ1) is 14.7. The van der Waals surface area contributed by atoms with E-state index < -0.39 is 17.8 Å². The van der Waals surface area contributed by atoms with Gasteiger partial charge in [-0.25, -0.2) is 4.39 Å². The molecule has 1 amide bonds. The Morgan fingerprint density at radius 2 is 2.06 bits per heavy atom. The fourth-order valence-corrected chi connectivity index (χ4v) is 3.37. The maximum absolute atomic E-state index is 13.3. The Bertz CT molecular complexity index is 1080. The van der Waals surface area contributed by atoms with Gasteiger partial charge in [-0.2, -0.15) is 23.4 Å². The highest BCUT2D eigenvalue weighted by atomic mass is 19.4. The number of halogens is 4. The van der Waals surface area contributed by atoms with Gasteiger partial charge in [0.05, 0.1) is 30.9 Å². The van der Waals surface area contributed by atoms with Crippen molar-refractivity contribution < 1.29 is 22.4 Å². The summed E-state index contributed by atoms with van der Waals surface area (Å²) in [7, 11) is 0. The Balaban J connectivity index is 1.39. The molecule has 10 heteroatoms. The van der Waals surface area contributed by atoms with Gasteiger partial charge in [0.2, 0.25) is 5.91 Å². The minimum absolute atomic E-state index is 0.0468. The number of nitrogens with one attached hydrogen (secondary N) is 1. The van der Waals surface area contributed by atoms with Crippen LogP contribution in [0.3, 0.4) is 0 Å². The monoisotopic (exact) mass is 435 g/mol. The number of nitrogens with zero attached hydrogens (tertiary/aromatic N) is 4. The van der Waals surface area contributed by atoms with E-state index in [2.05, 4.69) is 15.5 Å². The van der Waals surface area contributed by atoms with Crippen molar-refractivity contribution in [2.24, 2.45) is 5.92 Å². The van der Waals surface area contributed by atoms with Crippen LogP contribution < -0.4 is 5.32 Å². The number of anilines is 1. The fraction of sp³-hybridized carbons (Fsp3) is 0.381. The zero-order chi connectivity index (χ0) is 22.2. The lowest BCUT2D eigenvalue weighted by molar-refractivity contribution is -0.141. The number of aromatic nitrogens is 4. The molecule has 2 heterocycles. The molecule has 31 heavy (non-hydrogen) atoms. The molecule has 1 aromatic carbocycles. The molecule has 1 saturated carbocycles. The quantitative estimate of drug-likeness (QED) is 0.558. The van der Waals surface area contributed by atoms with E-state index >= 15 is 0 Å². The summed E-state index contributed by atoms with van der Waals surface area (Å²) in [6.45, 7) is 2.02. The van der Waals surface area contributed by atoms with Crippen LogP contribution in [0, 0.1) is 11.7 Å². The van der Waals surface area contributed by atoms with Crippen LogP contribution >= 0.6 is 0 Å². The molecule has 4 rings (SSSR count). The van der Waals surface area contributed by atoms with Crippen molar-refractivity contribution in [3.8, 4) is 0 Å². The topological polar surface area (TPSA) is 64.7 Å². The molecule has 2 aromatic heterocycles. The molecule has 0 saturated heterocycles. The van der Waals surface area contributed by atoms with Gasteiger partial charge in [0.15, 0.2) is 5.69 Å². The van der Waals surface area contributed by atoms with Crippen molar-refractivity contribution in [3.05, 3.63) is 65.5 Å². The lowest BCUT2D eigenvalue weighted by Crippen LogP contribution is -2.25. The van der Waals surface area contributed by atoms with Crippen LogP contribution in [0.1, 0.15) is 42.6 Å². The molecular weight excluding hydrogens is 414 g/mol. The normalized spacial score (nSPS) is 15.1. The number of alkyl halides is 3. The number of amides is 1. The largest absolute Gasteiger partial charge is 0.435 e. The average Bonchev–Trinajstić information content (AvgIpc) is 3.30. The molecular formula is C21H21F4N5O. The Labute approximate surface area is 175 Å². The van der Waals surface area contributed by atoms with Gasteiger partial charge in [0.25, 0.3) is 0 Å². The molecule has 0 radical (unpaired) electrons. The third kappa shape index (κ3) is 5.12. The van der Waals surface area contributed by atoms with Gasteiger partial charge in [0.1, 0.15) is 5.82 Å². The molecule has 164 valence electrons. The Hall–Kier alpha value is -3.17. The van der Waals surface area contributed by atoms with Crippen molar-refractivity contribution >= 4 is 11.6 Å². The molecule has 1 unspecified atom stereocenters.